The molecule has 0 saturated carbocycles. The van der Waals surface area contributed by atoms with Gasteiger partial charge in [0.2, 0.25) is 5.91 Å². The van der Waals surface area contributed by atoms with Gasteiger partial charge in [-0.25, -0.2) is 9.37 Å². The standard InChI is InChI=1S/C17H19ClFN3O2S/c1-9(2)8-20-17(24)16-10(3)21-15(25-16)7-14(23)22-11-4-5-13(19)12(18)6-11/h4-6,9H,7-8H2,1-3H3,(H,20,24)(H,22,23). The van der Waals surface area contributed by atoms with Crippen molar-refractivity contribution in [2.45, 2.75) is 27.2 Å². The number of thiazole rings is 1. The highest BCUT2D eigenvalue weighted by atomic mass is 35.5. The minimum atomic E-state index is -0.549. The molecule has 8 heteroatoms. The molecule has 0 aliphatic rings. The first kappa shape index (κ1) is 19.3. The van der Waals surface area contributed by atoms with Crippen LogP contribution < -0.4 is 10.6 Å². The van der Waals surface area contributed by atoms with E-state index in [0.717, 1.165) is 0 Å². The largest absolute Gasteiger partial charge is 0.351 e. The third-order valence-electron chi connectivity index (χ3n) is 3.23. The third-order valence-corrected chi connectivity index (χ3v) is 4.68. The van der Waals surface area contributed by atoms with Gasteiger partial charge in [-0.1, -0.05) is 25.4 Å². The van der Waals surface area contributed by atoms with Crippen molar-refractivity contribution in [2.75, 3.05) is 11.9 Å². The molecule has 2 N–H and O–H groups in total. The smallest absolute Gasteiger partial charge is 0.263 e. The van der Waals surface area contributed by atoms with Crippen LogP contribution in [0, 0.1) is 18.7 Å². The number of nitrogens with zero attached hydrogens (tertiary/aromatic N) is 1. The maximum Gasteiger partial charge on any atom is 0.263 e. The maximum atomic E-state index is 13.1. The molecule has 134 valence electrons. The quantitative estimate of drug-likeness (QED) is 0.796. The number of hydrogen-bond donors (Lipinski definition) is 2. The van der Waals surface area contributed by atoms with Crippen LogP contribution in [0.15, 0.2) is 18.2 Å². The summed E-state index contributed by atoms with van der Waals surface area (Å²) in [6, 6.07) is 3.95. The maximum absolute atomic E-state index is 13.1. The fourth-order valence-electron chi connectivity index (χ4n) is 2.03. The Morgan fingerprint density at radius 3 is 2.72 bits per heavy atom. The van der Waals surface area contributed by atoms with Gasteiger partial charge in [0.15, 0.2) is 0 Å². The van der Waals surface area contributed by atoms with Crippen LogP contribution in [0.3, 0.4) is 0 Å². The molecule has 0 atom stereocenters. The Bertz CT molecular complexity index is 792. The van der Waals surface area contributed by atoms with Gasteiger partial charge >= 0.3 is 0 Å². The zero-order valence-corrected chi connectivity index (χ0v) is 15.7. The number of carbonyl (C=O) groups excluding carboxylic acids is 2. The van der Waals surface area contributed by atoms with Crippen LogP contribution in [0.2, 0.25) is 5.02 Å². The molecule has 0 saturated heterocycles. The van der Waals surface area contributed by atoms with Gasteiger partial charge in [0, 0.05) is 12.2 Å². The molecule has 25 heavy (non-hydrogen) atoms. The number of carbonyl (C=O) groups is 2. The molecule has 1 aromatic carbocycles. The van der Waals surface area contributed by atoms with Crippen molar-refractivity contribution < 1.29 is 14.0 Å². The van der Waals surface area contributed by atoms with Crippen molar-refractivity contribution in [3.05, 3.63) is 44.6 Å². The van der Waals surface area contributed by atoms with Crippen LogP contribution in [-0.2, 0) is 11.2 Å². The monoisotopic (exact) mass is 383 g/mol. The summed E-state index contributed by atoms with van der Waals surface area (Å²) < 4.78 is 13.1. The van der Waals surface area contributed by atoms with E-state index in [1.54, 1.807) is 6.92 Å². The lowest BCUT2D eigenvalue weighted by atomic mass is 10.2. The number of benzene rings is 1. The Hall–Kier alpha value is -1.99. The molecule has 2 aromatic rings. The highest BCUT2D eigenvalue weighted by Crippen LogP contribution is 2.21. The van der Waals surface area contributed by atoms with Crippen molar-refractivity contribution in [2.24, 2.45) is 5.92 Å². The second kappa shape index (κ2) is 8.40. The molecule has 0 unspecified atom stereocenters. The van der Waals surface area contributed by atoms with Gasteiger partial charge in [-0.15, -0.1) is 11.3 Å². The fourth-order valence-corrected chi connectivity index (χ4v) is 3.19. The summed E-state index contributed by atoms with van der Waals surface area (Å²) in [5, 5.41) is 5.95. The third kappa shape index (κ3) is 5.51. The highest BCUT2D eigenvalue weighted by Gasteiger charge is 2.17. The van der Waals surface area contributed by atoms with Crippen LogP contribution in [0.1, 0.15) is 34.2 Å². The van der Waals surface area contributed by atoms with E-state index in [2.05, 4.69) is 15.6 Å². The Balaban J connectivity index is 2.00. The van der Waals surface area contributed by atoms with E-state index in [1.807, 2.05) is 13.8 Å². The van der Waals surface area contributed by atoms with E-state index < -0.39 is 5.82 Å². The molecule has 0 bridgehead atoms. The van der Waals surface area contributed by atoms with Crippen molar-refractivity contribution in [1.82, 2.24) is 10.3 Å². The molecule has 0 spiro atoms. The summed E-state index contributed by atoms with van der Waals surface area (Å²) in [4.78, 5) is 29.0. The van der Waals surface area contributed by atoms with E-state index in [1.165, 1.54) is 29.5 Å². The molecular formula is C17H19ClFN3O2S. The highest BCUT2D eigenvalue weighted by molar-refractivity contribution is 7.13. The number of anilines is 1. The molecule has 2 amide bonds. The normalized spacial score (nSPS) is 10.8. The van der Waals surface area contributed by atoms with Crippen LogP contribution in [0.4, 0.5) is 10.1 Å². The van der Waals surface area contributed by atoms with Gasteiger partial charge in [0.05, 0.1) is 17.1 Å². The predicted molar refractivity (Wildman–Crippen MR) is 97.8 cm³/mol. The van der Waals surface area contributed by atoms with Gasteiger partial charge in [0.1, 0.15) is 15.7 Å². The first-order valence-corrected chi connectivity index (χ1v) is 8.95. The topological polar surface area (TPSA) is 71.1 Å². The average molecular weight is 384 g/mol. The van der Waals surface area contributed by atoms with E-state index >= 15 is 0 Å². The van der Waals surface area contributed by atoms with Crippen molar-refractivity contribution in [3.63, 3.8) is 0 Å². The van der Waals surface area contributed by atoms with Crippen molar-refractivity contribution in [1.29, 1.82) is 0 Å². The second-order valence-corrected chi connectivity index (χ2v) is 7.47. The lowest BCUT2D eigenvalue weighted by molar-refractivity contribution is -0.115. The lowest BCUT2D eigenvalue weighted by Gasteiger charge is -2.06. The van der Waals surface area contributed by atoms with Gasteiger partial charge in [-0.3, -0.25) is 9.59 Å². The first-order valence-electron chi connectivity index (χ1n) is 7.75. The van der Waals surface area contributed by atoms with Gasteiger partial charge in [-0.2, -0.15) is 0 Å². The number of nitrogens with one attached hydrogen (secondary N) is 2. The molecule has 1 aromatic heterocycles. The van der Waals surface area contributed by atoms with Gasteiger partial charge < -0.3 is 10.6 Å². The van der Waals surface area contributed by atoms with Crippen LogP contribution in [-0.4, -0.2) is 23.3 Å². The Labute approximate surface area is 154 Å². The minimum absolute atomic E-state index is 0.0258. The fraction of sp³-hybridized carbons (Fsp3) is 0.353. The summed E-state index contributed by atoms with van der Waals surface area (Å²) in [5.41, 5.74) is 0.999. The molecule has 0 aliphatic carbocycles. The summed E-state index contributed by atoms with van der Waals surface area (Å²) >= 11 is 6.88. The molecular weight excluding hydrogens is 365 g/mol. The molecule has 2 rings (SSSR count). The van der Waals surface area contributed by atoms with Crippen LogP contribution in [0.5, 0.6) is 0 Å². The molecule has 0 fully saturated rings. The Kier molecular flexibility index (Phi) is 6.50. The van der Waals surface area contributed by atoms with Gasteiger partial charge in [0.25, 0.3) is 5.91 Å². The number of amides is 2. The second-order valence-electron chi connectivity index (χ2n) is 5.98. The number of halogens is 2. The number of aromatic nitrogens is 1. The molecule has 0 aliphatic heterocycles. The van der Waals surface area contributed by atoms with E-state index in [0.29, 0.717) is 33.7 Å². The van der Waals surface area contributed by atoms with Crippen LogP contribution >= 0.6 is 22.9 Å². The van der Waals surface area contributed by atoms with Crippen LogP contribution in [0.25, 0.3) is 0 Å². The van der Waals surface area contributed by atoms with Crippen molar-refractivity contribution in [3.8, 4) is 0 Å². The minimum Gasteiger partial charge on any atom is -0.351 e. The van der Waals surface area contributed by atoms with E-state index in [4.69, 9.17) is 11.6 Å². The number of rotatable bonds is 6. The van der Waals surface area contributed by atoms with E-state index in [9.17, 15) is 14.0 Å². The summed E-state index contributed by atoms with van der Waals surface area (Å²) in [6.07, 6.45) is 0.0258. The number of hydrogen-bond acceptors (Lipinski definition) is 4. The summed E-state index contributed by atoms with van der Waals surface area (Å²) in [7, 11) is 0. The van der Waals surface area contributed by atoms with E-state index in [-0.39, 0.29) is 23.3 Å². The zero-order valence-electron chi connectivity index (χ0n) is 14.2. The Morgan fingerprint density at radius 2 is 2.08 bits per heavy atom. The SMILES string of the molecule is Cc1nc(CC(=O)Nc2ccc(F)c(Cl)c2)sc1C(=O)NCC(C)C. The summed E-state index contributed by atoms with van der Waals surface area (Å²) in [5.74, 6) is -0.691. The number of aryl methyl sites for hydroxylation is 1. The zero-order chi connectivity index (χ0) is 18.6. The van der Waals surface area contributed by atoms with Crippen molar-refractivity contribution >= 4 is 40.4 Å². The molecule has 0 radical (unpaired) electrons. The Morgan fingerprint density at radius 1 is 1.36 bits per heavy atom. The molecule has 1 heterocycles. The molecule has 5 nitrogen and oxygen atoms in total. The summed E-state index contributed by atoms with van der Waals surface area (Å²) in [6.45, 7) is 6.34. The predicted octanol–water partition coefficient (Wildman–Crippen LogP) is 3.81. The first-order chi connectivity index (χ1) is 11.8. The average Bonchev–Trinajstić information content (AvgIpc) is 2.89. The lowest BCUT2D eigenvalue weighted by Crippen LogP contribution is -2.27. The van der Waals surface area contributed by atoms with Gasteiger partial charge in [-0.05, 0) is 31.0 Å².